The highest BCUT2D eigenvalue weighted by Gasteiger charge is 2.17. The third kappa shape index (κ3) is 6.08. The number of aromatic hydroxyl groups is 1. The Hall–Kier alpha value is -3.07. The minimum Gasteiger partial charge on any atom is -0.506 e. The number of rotatable bonds is 5. The molecule has 0 unspecified atom stereocenters. The standard InChI is InChI=1S/C25H28N4O3S.ClH/c1-17-7-12-22(33-17)25(32)26-20-5-3-6-21(30)23(20)27-24(31)18-8-10-19(11-9-18)29-14-4-13-28(2)15-16-29;/h3,5-12,30H,4,13-16H2,1-2H3,(H,26,32)(H,27,31);1H. The molecule has 7 nitrogen and oxygen atoms in total. The number of benzene rings is 2. The number of phenols is 1. The molecule has 1 aliphatic rings. The molecule has 0 bridgehead atoms. The highest BCUT2D eigenvalue weighted by molar-refractivity contribution is 7.14. The van der Waals surface area contributed by atoms with Crippen molar-refractivity contribution in [2.24, 2.45) is 0 Å². The van der Waals surface area contributed by atoms with Crippen LogP contribution in [-0.4, -0.2) is 55.0 Å². The van der Waals surface area contributed by atoms with Crippen LogP contribution in [0.25, 0.3) is 0 Å². The molecule has 0 saturated carbocycles. The number of nitrogens with one attached hydrogen (secondary N) is 2. The Labute approximate surface area is 209 Å². The van der Waals surface area contributed by atoms with E-state index in [2.05, 4.69) is 27.5 Å². The van der Waals surface area contributed by atoms with Gasteiger partial charge in [0.25, 0.3) is 11.8 Å². The fourth-order valence-corrected chi connectivity index (χ4v) is 4.59. The van der Waals surface area contributed by atoms with Crippen molar-refractivity contribution in [2.75, 3.05) is 48.8 Å². The van der Waals surface area contributed by atoms with Gasteiger partial charge in [0.1, 0.15) is 11.4 Å². The second-order valence-electron chi connectivity index (χ2n) is 8.21. The molecule has 2 amide bonds. The predicted octanol–water partition coefficient (Wildman–Crippen LogP) is 4.83. The van der Waals surface area contributed by atoms with Gasteiger partial charge in [-0.2, -0.15) is 0 Å². The fourth-order valence-electron chi connectivity index (χ4n) is 3.83. The van der Waals surface area contributed by atoms with E-state index in [-0.39, 0.29) is 35.7 Å². The molecule has 1 fully saturated rings. The third-order valence-corrected chi connectivity index (χ3v) is 6.71. The summed E-state index contributed by atoms with van der Waals surface area (Å²) in [6.07, 6.45) is 1.10. The molecule has 0 spiro atoms. The lowest BCUT2D eigenvalue weighted by Gasteiger charge is -2.23. The van der Waals surface area contributed by atoms with Gasteiger partial charge in [-0.05, 0) is 75.5 Å². The Bertz CT molecular complexity index is 1150. The highest BCUT2D eigenvalue weighted by atomic mass is 35.5. The lowest BCUT2D eigenvalue weighted by Crippen LogP contribution is -2.28. The Morgan fingerprint density at radius 1 is 0.912 bits per heavy atom. The van der Waals surface area contributed by atoms with Crippen molar-refractivity contribution in [2.45, 2.75) is 13.3 Å². The van der Waals surface area contributed by atoms with Crippen LogP contribution in [0.2, 0.25) is 0 Å². The molecule has 180 valence electrons. The van der Waals surface area contributed by atoms with E-state index in [4.69, 9.17) is 0 Å². The van der Waals surface area contributed by atoms with Crippen LogP contribution in [0.1, 0.15) is 31.3 Å². The van der Waals surface area contributed by atoms with Gasteiger partial charge in [0.2, 0.25) is 0 Å². The minimum atomic E-state index is -0.360. The number of para-hydroxylation sites is 1. The topological polar surface area (TPSA) is 84.9 Å². The Kier molecular flexibility index (Phi) is 8.55. The molecule has 2 aromatic carbocycles. The van der Waals surface area contributed by atoms with E-state index in [1.165, 1.54) is 17.4 Å². The van der Waals surface area contributed by atoms with E-state index in [0.29, 0.717) is 16.1 Å². The summed E-state index contributed by atoms with van der Waals surface area (Å²) in [5.41, 5.74) is 2.07. The van der Waals surface area contributed by atoms with E-state index < -0.39 is 0 Å². The third-order valence-electron chi connectivity index (χ3n) is 5.71. The molecular formula is C25H29ClN4O3S. The smallest absolute Gasteiger partial charge is 0.265 e. The number of aryl methyl sites for hydroxylation is 1. The van der Waals surface area contributed by atoms with Gasteiger partial charge < -0.3 is 25.5 Å². The van der Waals surface area contributed by atoms with E-state index >= 15 is 0 Å². The summed E-state index contributed by atoms with van der Waals surface area (Å²) in [4.78, 5) is 31.7. The molecule has 2 heterocycles. The average Bonchev–Trinajstić information content (AvgIpc) is 3.13. The Morgan fingerprint density at radius 2 is 1.68 bits per heavy atom. The van der Waals surface area contributed by atoms with Crippen molar-refractivity contribution in [3.05, 3.63) is 69.9 Å². The van der Waals surface area contributed by atoms with Crippen molar-refractivity contribution in [3.63, 3.8) is 0 Å². The molecule has 3 N–H and O–H groups in total. The molecule has 0 aliphatic carbocycles. The van der Waals surface area contributed by atoms with Gasteiger partial charge >= 0.3 is 0 Å². The first kappa shape index (κ1) is 25.6. The molecule has 3 aromatic rings. The van der Waals surface area contributed by atoms with E-state index in [1.807, 2.05) is 25.1 Å². The maximum atomic E-state index is 12.9. The molecule has 1 saturated heterocycles. The minimum absolute atomic E-state index is 0. The number of carbonyl (C=O) groups excluding carboxylic acids is 2. The first-order valence-electron chi connectivity index (χ1n) is 11.0. The molecule has 0 atom stereocenters. The first-order valence-corrected chi connectivity index (χ1v) is 11.8. The number of hydrogen-bond acceptors (Lipinski definition) is 6. The summed E-state index contributed by atoms with van der Waals surface area (Å²) >= 11 is 1.38. The van der Waals surface area contributed by atoms with Gasteiger partial charge in [0.05, 0.1) is 10.6 Å². The van der Waals surface area contributed by atoms with E-state index in [1.54, 1.807) is 30.3 Å². The number of carbonyl (C=O) groups is 2. The summed E-state index contributed by atoms with van der Waals surface area (Å²) in [6.45, 7) is 5.96. The lowest BCUT2D eigenvalue weighted by atomic mass is 10.1. The van der Waals surface area contributed by atoms with Crippen molar-refractivity contribution >= 4 is 52.6 Å². The van der Waals surface area contributed by atoms with Crippen molar-refractivity contribution in [1.29, 1.82) is 0 Å². The summed E-state index contributed by atoms with van der Waals surface area (Å²) in [7, 11) is 2.13. The van der Waals surface area contributed by atoms with Crippen molar-refractivity contribution < 1.29 is 14.7 Å². The van der Waals surface area contributed by atoms with Gasteiger partial charge in [0, 0.05) is 35.8 Å². The molecular weight excluding hydrogens is 472 g/mol. The Balaban J connectivity index is 0.00000324. The van der Waals surface area contributed by atoms with Crippen LogP contribution in [0.3, 0.4) is 0 Å². The number of amides is 2. The number of halogens is 1. The van der Waals surface area contributed by atoms with Gasteiger partial charge in [-0.15, -0.1) is 23.7 Å². The number of nitrogens with zero attached hydrogens (tertiary/aromatic N) is 2. The zero-order valence-electron chi connectivity index (χ0n) is 19.2. The predicted molar refractivity (Wildman–Crippen MR) is 141 cm³/mol. The summed E-state index contributed by atoms with van der Waals surface area (Å²) in [5.74, 6) is -0.767. The van der Waals surface area contributed by atoms with Gasteiger partial charge in [-0.1, -0.05) is 6.07 Å². The highest BCUT2D eigenvalue weighted by Crippen LogP contribution is 2.33. The summed E-state index contributed by atoms with van der Waals surface area (Å²) in [6, 6.07) is 15.8. The van der Waals surface area contributed by atoms with Crippen LogP contribution >= 0.6 is 23.7 Å². The second-order valence-corrected chi connectivity index (χ2v) is 9.50. The van der Waals surface area contributed by atoms with E-state index in [0.717, 1.165) is 43.2 Å². The molecule has 34 heavy (non-hydrogen) atoms. The second kappa shape index (κ2) is 11.4. The Morgan fingerprint density at radius 3 is 2.38 bits per heavy atom. The van der Waals surface area contributed by atoms with Gasteiger partial charge in [0.15, 0.2) is 0 Å². The number of thiophene rings is 1. The monoisotopic (exact) mass is 500 g/mol. The van der Waals surface area contributed by atoms with Crippen LogP contribution in [0.5, 0.6) is 5.75 Å². The van der Waals surface area contributed by atoms with E-state index in [9.17, 15) is 14.7 Å². The normalized spacial score (nSPS) is 14.1. The molecule has 1 aliphatic heterocycles. The molecule has 9 heteroatoms. The van der Waals surface area contributed by atoms with Crippen LogP contribution in [0.4, 0.5) is 17.1 Å². The van der Waals surface area contributed by atoms with Gasteiger partial charge in [-0.3, -0.25) is 9.59 Å². The molecule has 1 aromatic heterocycles. The molecule has 0 radical (unpaired) electrons. The summed E-state index contributed by atoms with van der Waals surface area (Å²) in [5, 5.41) is 15.9. The lowest BCUT2D eigenvalue weighted by molar-refractivity contribution is 0.101. The number of phenolic OH excluding ortho intramolecular Hbond substituents is 1. The van der Waals surface area contributed by atoms with Crippen LogP contribution in [-0.2, 0) is 0 Å². The van der Waals surface area contributed by atoms with Crippen LogP contribution in [0, 0.1) is 6.92 Å². The van der Waals surface area contributed by atoms with Crippen LogP contribution < -0.4 is 15.5 Å². The number of anilines is 3. The molecule has 4 rings (SSSR count). The van der Waals surface area contributed by atoms with Crippen molar-refractivity contribution in [3.8, 4) is 5.75 Å². The SMILES string of the molecule is Cc1ccc(C(=O)Nc2cccc(O)c2NC(=O)c2ccc(N3CCCN(C)CC3)cc2)s1.Cl. The number of hydrogen-bond donors (Lipinski definition) is 3. The maximum absolute atomic E-state index is 12.9. The largest absolute Gasteiger partial charge is 0.506 e. The average molecular weight is 501 g/mol. The zero-order valence-corrected chi connectivity index (χ0v) is 20.8. The maximum Gasteiger partial charge on any atom is 0.265 e. The quantitative estimate of drug-likeness (QED) is 0.437. The van der Waals surface area contributed by atoms with Crippen LogP contribution in [0.15, 0.2) is 54.6 Å². The fraction of sp³-hybridized carbons (Fsp3) is 0.280. The van der Waals surface area contributed by atoms with Crippen molar-refractivity contribution in [1.82, 2.24) is 4.90 Å². The zero-order chi connectivity index (χ0) is 23.4. The first-order chi connectivity index (χ1) is 15.9. The summed E-state index contributed by atoms with van der Waals surface area (Å²) < 4.78 is 0. The number of likely N-dealkylation sites (N-methyl/N-ethyl adjacent to an activating group) is 1. The van der Waals surface area contributed by atoms with Gasteiger partial charge in [-0.25, -0.2) is 0 Å².